The Kier molecular flexibility index (Phi) is 7.82. The first-order chi connectivity index (χ1) is 15.2. The van der Waals surface area contributed by atoms with E-state index in [1.165, 1.54) is 23.1 Å². The molecule has 1 fully saturated rings. The summed E-state index contributed by atoms with van der Waals surface area (Å²) in [7, 11) is 0. The van der Waals surface area contributed by atoms with E-state index in [1.807, 2.05) is 0 Å². The lowest BCUT2D eigenvalue weighted by Crippen LogP contribution is -2.39. The topological polar surface area (TPSA) is 96.3 Å². The van der Waals surface area contributed by atoms with E-state index in [0.29, 0.717) is 36.4 Å². The minimum absolute atomic E-state index is 0.0460. The lowest BCUT2D eigenvalue weighted by atomic mass is 9.98. The van der Waals surface area contributed by atoms with E-state index >= 15 is 0 Å². The van der Waals surface area contributed by atoms with Gasteiger partial charge in [-0.15, -0.1) is 0 Å². The highest BCUT2D eigenvalue weighted by Crippen LogP contribution is 2.36. The number of carboxylic acid groups (broad SMARTS) is 2. The molecule has 0 unspecified atom stereocenters. The minimum Gasteiger partial charge on any atom is -0.489 e. The average Bonchev–Trinajstić information content (AvgIpc) is 2.73. The number of carbonyl (C=O) groups is 2. The molecule has 0 bridgehead atoms. The summed E-state index contributed by atoms with van der Waals surface area (Å²) < 4.78 is 25.7. The van der Waals surface area contributed by atoms with Gasteiger partial charge < -0.3 is 24.6 Å². The maximum absolute atomic E-state index is 14.1. The van der Waals surface area contributed by atoms with Crippen molar-refractivity contribution in [2.75, 3.05) is 19.7 Å². The Bertz CT molecular complexity index is 1050. The first-order valence-electron chi connectivity index (χ1n) is 9.71. The zero-order valence-corrected chi connectivity index (χ0v) is 18.3. The van der Waals surface area contributed by atoms with Crippen LogP contribution in [0.1, 0.15) is 12.8 Å². The standard InChI is InChI=1S/C22H20Cl2FNO6/c23-14-3-5-18(16(25)8-14)32-20-9-15(24)4-6-19(20)31-12-13-2-1-7-26(11-13)17(22(29)30)10-21(27)28/h3-6,8-10,13H,1-2,7,11-12H2,(H,27,28)(H,29,30)/b17-10-/t13-/m0/s1. The largest absolute Gasteiger partial charge is 0.489 e. The van der Waals surface area contributed by atoms with Gasteiger partial charge >= 0.3 is 11.9 Å². The molecule has 0 radical (unpaired) electrons. The Hall–Kier alpha value is -2.97. The number of aliphatic carboxylic acids is 2. The third-order valence-electron chi connectivity index (χ3n) is 4.83. The van der Waals surface area contributed by atoms with Gasteiger partial charge in [-0.05, 0) is 43.2 Å². The van der Waals surface area contributed by atoms with Crippen molar-refractivity contribution >= 4 is 35.1 Å². The maximum atomic E-state index is 14.1. The van der Waals surface area contributed by atoms with Crippen molar-refractivity contribution in [2.24, 2.45) is 5.92 Å². The second kappa shape index (κ2) is 10.6. The summed E-state index contributed by atoms with van der Waals surface area (Å²) in [5.74, 6) is -2.82. The predicted octanol–water partition coefficient (Wildman–Crippen LogP) is 5.07. The molecule has 0 spiro atoms. The van der Waals surface area contributed by atoms with Crippen LogP contribution in [0.3, 0.4) is 0 Å². The molecule has 2 aromatic carbocycles. The normalized spacial score (nSPS) is 16.5. The van der Waals surface area contributed by atoms with E-state index in [9.17, 15) is 19.1 Å². The lowest BCUT2D eigenvalue weighted by Gasteiger charge is -2.34. The number of piperidine rings is 1. The molecule has 0 aliphatic carbocycles. The van der Waals surface area contributed by atoms with Crippen LogP contribution in [0.5, 0.6) is 17.2 Å². The molecule has 0 aromatic heterocycles. The van der Waals surface area contributed by atoms with Gasteiger partial charge in [0.05, 0.1) is 12.7 Å². The van der Waals surface area contributed by atoms with Crippen LogP contribution < -0.4 is 9.47 Å². The third kappa shape index (κ3) is 6.27. The molecular formula is C22H20Cl2FNO6. The highest BCUT2D eigenvalue weighted by molar-refractivity contribution is 6.31. The van der Waals surface area contributed by atoms with E-state index in [2.05, 4.69) is 0 Å². The zero-order chi connectivity index (χ0) is 23.3. The fourth-order valence-electron chi connectivity index (χ4n) is 3.39. The average molecular weight is 484 g/mol. The summed E-state index contributed by atoms with van der Waals surface area (Å²) >= 11 is 11.8. The summed E-state index contributed by atoms with van der Waals surface area (Å²) in [5.41, 5.74) is -0.268. The number of hydrogen-bond acceptors (Lipinski definition) is 5. The van der Waals surface area contributed by atoms with Crippen LogP contribution in [-0.2, 0) is 9.59 Å². The number of halogens is 3. The summed E-state index contributed by atoms with van der Waals surface area (Å²) in [6.45, 7) is 0.978. The van der Waals surface area contributed by atoms with Crippen molar-refractivity contribution in [3.63, 3.8) is 0 Å². The third-order valence-corrected chi connectivity index (χ3v) is 5.30. The molecule has 7 nitrogen and oxygen atoms in total. The second-order valence-electron chi connectivity index (χ2n) is 7.21. The quantitative estimate of drug-likeness (QED) is 0.505. The van der Waals surface area contributed by atoms with Crippen LogP contribution >= 0.6 is 23.2 Å². The first kappa shape index (κ1) is 23.7. The molecule has 0 amide bonds. The van der Waals surface area contributed by atoms with Crippen molar-refractivity contribution in [3.05, 3.63) is 64.0 Å². The maximum Gasteiger partial charge on any atom is 0.352 e. The Morgan fingerprint density at radius 2 is 1.78 bits per heavy atom. The summed E-state index contributed by atoms with van der Waals surface area (Å²) in [6.07, 6.45) is 2.14. The Morgan fingerprint density at radius 3 is 2.44 bits per heavy atom. The number of nitrogens with zero attached hydrogens (tertiary/aromatic N) is 1. The van der Waals surface area contributed by atoms with E-state index in [1.54, 1.807) is 12.1 Å². The van der Waals surface area contributed by atoms with Crippen LogP contribution in [0.2, 0.25) is 10.0 Å². The highest BCUT2D eigenvalue weighted by Gasteiger charge is 2.26. The van der Waals surface area contributed by atoms with Crippen molar-refractivity contribution in [3.8, 4) is 17.2 Å². The van der Waals surface area contributed by atoms with E-state index in [4.69, 9.17) is 37.8 Å². The van der Waals surface area contributed by atoms with Gasteiger partial charge in [-0.25, -0.2) is 14.0 Å². The van der Waals surface area contributed by atoms with Crippen LogP contribution in [0, 0.1) is 11.7 Å². The smallest absolute Gasteiger partial charge is 0.352 e. The number of rotatable bonds is 8. The van der Waals surface area contributed by atoms with E-state index in [-0.39, 0.29) is 34.7 Å². The molecule has 10 heteroatoms. The highest BCUT2D eigenvalue weighted by atomic mass is 35.5. The van der Waals surface area contributed by atoms with Crippen molar-refractivity contribution in [1.82, 2.24) is 4.90 Å². The molecule has 32 heavy (non-hydrogen) atoms. The molecule has 3 rings (SSSR count). The second-order valence-corrected chi connectivity index (χ2v) is 8.08. The van der Waals surface area contributed by atoms with Crippen molar-refractivity contribution in [2.45, 2.75) is 12.8 Å². The molecule has 2 aromatic rings. The zero-order valence-electron chi connectivity index (χ0n) is 16.8. The molecule has 1 saturated heterocycles. The lowest BCUT2D eigenvalue weighted by molar-refractivity contribution is -0.136. The fourth-order valence-corrected chi connectivity index (χ4v) is 3.71. The predicted molar refractivity (Wildman–Crippen MR) is 116 cm³/mol. The van der Waals surface area contributed by atoms with Crippen LogP contribution in [0.15, 0.2) is 48.2 Å². The van der Waals surface area contributed by atoms with Gasteiger partial charge in [0.1, 0.15) is 5.70 Å². The summed E-state index contributed by atoms with van der Waals surface area (Å²) in [6, 6.07) is 8.71. The van der Waals surface area contributed by atoms with Crippen LogP contribution in [0.4, 0.5) is 4.39 Å². The molecule has 2 N–H and O–H groups in total. The minimum atomic E-state index is -1.32. The van der Waals surface area contributed by atoms with Crippen LogP contribution in [0.25, 0.3) is 0 Å². The van der Waals surface area contributed by atoms with Gasteiger partial charge in [0, 0.05) is 35.1 Å². The molecule has 1 aliphatic rings. The first-order valence-corrected chi connectivity index (χ1v) is 10.5. The summed E-state index contributed by atoms with van der Waals surface area (Å²) in [4.78, 5) is 23.9. The molecule has 0 saturated carbocycles. The number of ether oxygens (including phenoxy) is 2. The fraction of sp³-hybridized carbons (Fsp3) is 0.273. The van der Waals surface area contributed by atoms with E-state index in [0.717, 1.165) is 12.5 Å². The van der Waals surface area contributed by atoms with Crippen LogP contribution in [-0.4, -0.2) is 46.7 Å². The van der Waals surface area contributed by atoms with E-state index < -0.39 is 17.8 Å². The molecule has 1 aliphatic heterocycles. The monoisotopic (exact) mass is 483 g/mol. The number of benzene rings is 2. The molecular weight excluding hydrogens is 464 g/mol. The van der Waals surface area contributed by atoms with Gasteiger partial charge in [0.2, 0.25) is 0 Å². The van der Waals surface area contributed by atoms with Crippen molar-refractivity contribution < 1.29 is 33.7 Å². The molecule has 1 heterocycles. The Morgan fingerprint density at radius 1 is 1.09 bits per heavy atom. The van der Waals surface area contributed by atoms with Gasteiger partial charge in [0.15, 0.2) is 23.1 Å². The SMILES string of the molecule is O=C(O)/C=C(/C(=O)O)N1CCC[C@H](COc2ccc(Cl)cc2Oc2ccc(Cl)cc2F)C1. The van der Waals surface area contributed by atoms with Crippen molar-refractivity contribution in [1.29, 1.82) is 0 Å². The Balaban J connectivity index is 1.71. The Labute approximate surface area is 193 Å². The molecule has 1 atom stereocenters. The number of likely N-dealkylation sites (tertiary alicyclic amines) is 1. The molecule has 170 valence electrons. The van der Waals surface area contributed by atoms with Gasteiger partial charge in [-0.2, -0.15) is 0 Å². The summed E-state index contributed by atoms with van der Waals surface area (Å²) in [5, 5.41) is 18.9. The number of carboxylic acids is 2. The van der Waals surface area contributed by atoms with Gasteiger partial charge in [-0.3, -0.25) is 0 Å². The van der Waals surface area contributed by atoms with Gasteiger partial charge in [0.25, 0.3) is 0 Å². The number of hydrogen-bond donors (Lipinski definition) is 2. The van der Waals surface area contributed by atoms with Gasteiger partial charge in [-0.1, -0.05) is 23.2 Å².